The Morgan fingerprint density at radius 1 is 0.692 bits per heavy atom. The van der Waals surface area contributed by atoms with Gasteiger partial charge in [-0.3, -0.25) is 0 Å². The SMILES string of the molecule is CC(C)COc1ccc(C[C@@H]2[C@@H]3OC(C)(C)O[C@H]3C3(CC3c3ccc(OCC(C)C)cc3)N(Cc3ccccc3)C(=O)N2Cc2ccccc2)cc1. The van der Waals surface area contributed by atoms with Crippen LogP contribution in [0.1, 0.15) is 76.1 Å². The number of amides is 2. The predicted molar refractivity (Wildman–Crippen MR) is 204 cm³/mol. The zero-order valence-electron chi connectivity index (χ0n) is 31.5. The van der Waals surface area contributed by atoms with Crippen molar-refractivity contribution < 1.29 is 23.7 Å². The quantitative estimate of drug-likeness (QED) is 0.139. The van der Waals surface area contributed by atoms with E-state index in [-0.39, 0.29) is 30.2 Å². The maximum atomic E-state index is 15.5. The first-order chi connectivity index (χ1) is 25.0. The molecular weight excluding hydrogens is 649 g/mol. The van der Waals surface area contributed by atoms with E-state index < -0.39 is 11.3 Å². The van der Waals surface area contributed by atoms with Crippen LogP contribution in [0, 0.1) is 11.8 Å². The molecule has 2 amide bonds. The van der Waals surface area contributed by atoms with Gasteiger partial charge in [-0.2, -0.15) is 0 Å². The normalized spacial score (nSPS) is 25.0. The van der Waals surface area contributed by atoms with Crippen LogP contribution >= 0.6 is 0 Å². The van der Waals surface area contributed by atoms with Crippen molar-refractivity contribution in [3.05, 3.63) is 131 Å². The van der Waals surface area contributed by atoms with Crippen LogP contribution in [0.15, 0.2) is 109 Å². The van der Waals surface area contributed by atoms with Crippen molar-refractivity contribution in [1.29, 1.82) is 0 Å². The van der Waals surface area contributed by atoms with Crippen molar-refractivity contribution in [3.63, 3.8) is 0 Å². The van der Waals surface area contributed by atoms with Gasteiger partial charge in [0.05, 0.1) is 24.8 Å². The van der Waals surface area contributed by atoms with Gasteiger partial charge in [-0.25, -0.2) is 4.79 Å². The minimum atomic E-state index is -0.825. The topological polar surface area (TPSA) is 60.5 Å². The molecule has 1 aliphatic carbocycles. The maximum Gasteiger partial charge on any atom is 0.321 e. The number of fused-ring (bicyclic) bond motifs is 2. The number of benzene rings is 4. The molecule has 2 heterocycles. The Morgan fingerprint density at radius 2 is 1.23 bits per heavy atom. The second-order valence-corrected chi connectivity index (χ2v) is 16.1. The molecular formula is C45H54N2O5. The molecule has 0 bridgehead atoms. The van der Waals surface area contributed by atoms with Crippen molar-refractivity contribution in [2.45, 2.75) is 103 Å². The van der Waals surface area contributed by atoms with Gasteiger partial charge in [0.1, 0.15) is 23.7 Å². The van der Waals surface area contributed by atoms with Crippen molar-refractivity contribution >= 4 is 6.03 Å². The minimum Gasteiger partial charge on any atom is -0.493 e. The van der Waals surface area contributed by atoms with Crippen molar-refractivity contribution in [3.8, 4) is 11.5 Å². The third kappa shape index (κ3) is 7.72. The van der Waals surface area contributed by atoms with Crippen LogP contribution in [0.2, 0.25) is 0 Å². The summed E-state index contributed by atoms with van der Waals surface area (Å²) in [6, 6.07) is 37.2. The molecule has 0 aromatic heterocycles. The van der Waals surface area contributed by atoms with Crippen LogP contribution in [-0.2, 0) is 29.0 Å². The summed E-state index contributed by atoms with van der Waals surface area (Å²) >= 11 is 0. The lowest BCUT2D eigenvalue weighted by Gasteiger charge is -2.38. The van der Waals surface area contributed by atoms with E-state index in [1.807, 2.05) is 62.4 Å². The molecule has 7 heteroatoms. The number of carbonyl (C=O) groups is 1. The van der Waals surface area contributed by atoms with Gasteiger partial charge in [0.15, 0.2) is 5.79 Å². The first-order valence-electron chi connectivity index (χ1n) is 19.0. The highest BCUT2D eigenvalue weighted by Gasteiger charge is 2.72. The average molecular weight is 703 g/mol. The molecule has 7 rings (SSSR count). The van der Waals surface area contributed by atoms with Crippen LogP contribution in [-0.4, -0.2) is 58.6 Å². The van der Waals surface area contributed by atoms with Gasteiger partial charge < -0.3 is 28.7 Å². The van der Waals surface area contributed by atoms with Crippen LogP contribution in [0.4, 0.5) is 4.79 Å². The summed E-state index contributed by atoms with van der Waals surface area (Å²) in [6.45, 7) is 14.9. The Balaban J connectivity index is 1.31. The smallest absolute Gasteiger partial charge is 0.321 e. The number of hydrogen-bond acceptors (Lipinski definition) is 5. The molecule has 2 unspecified atom stereocenters. The van der Waals surface area contributed by atoms with Gasteiger partial charge in [0.2, 0.25) is 0 Å². The van der Waals surface area contributed by atoms with Gasteiger partial charge in [0.25, 0.3) is 0 Å². The molecule has 5 atom stereocenters. The molecule has 274 valence electrons. The van der Waals surface area contributed by atoms with Crippen LogP contribution in [0.25, 0.3) is 0 Å². The second-order valence-electron chi connectivity index (χ2n) is 16.1. The Hall–Kier alpha value is -4.33. The number of carbonyl (C=O) groups excluding carboxylic acids is 1. The second kappa shape index (κ2) is 15.0. The zero-order valence-corrected chi connectivity index (χ0v) is 31.5. The van der Waals surface area contributed by atoms with Crippen LogP contribution in [0.3, 0.4) is 0 Å². The lowest BCUT2D eigenvalue weighted by atomic mass is 9.90. The molecule has 2 saturated heterocycles. The molecule has 0 radical (unpaired) electrons. The third-order valence-corrected chi connectivity index (χ3v) is 10.6. The lowest BCUT2D eigenvalue weighted by Crippen LogP contribution is -2.52. The summed E-state index contributed by atoms with van der Waals surface area (Å²) in [5.74, 6) is 1.84. The summed E-state index contributed by atoms with van der Waals surface area (Å²) in [5, 5.41) is 0. The Kier molecular flexibility index (Phi) is 10.4. The minimum absolute atomic E-state index is 0.00776. The average Bonchev–Trinajstić information content (AvgIpc) is 3.81. The Morgan fingerprint density at radius 3 is 1.79 bits per heavy atom. The number of rotatable bonds is 13. The highest BCUT2D eigenvalue weighted by Crippen LogP contribution is 2.63. The van der Waals surface area contributed by atoms with E-state index in [0.29, 0.717) is 44.6 Å². The number of urea groups is 1. The molecule has 3 fully saturated rings. The predicted octanol–water partition coefficient (Wildman–Crippen LogP) is 9.25. The zero-order chi connectivity index (χ0) is 36.5. The van der Waals surface area contributed by atoms with Crippen molar-refractivity contribution in [1.82, 2.24) is 9.80 Å². The molecule has 3 aliphatic rings. The van der Waals surface area contributed by atoms with Gasteiger partial charge >= 0.3 is 6.03 Å². The number of nitrogens with zero attached hydrogens (tertiary/aromatic N) is 2. The fourth-order valence-electron chi connectivity index (χ4n) is 8.01. The van der Waals surface area contributed by atoms with E-state index in [1.54, 1.807) is 0 Å². The molecule has 1 spiro atoms. The van der Waals surface area contributed by atoms with E-state index in [4.69, 9.17) is 18.9 Å². The summed E-state index contributed by atoms with van der Waals surface area (Å²) in [6.07, 6.45) is 0.688. The van der Waals surface area contributed by atoms with E-state index in [1.165, 1.54) is 5.56 Å². The summed E-state index contributed by atoms with van der Waals surface area (Å²) in [5.41, 5.74) is 3.86. The van der Waals surface area contributed by atoms with Crippen molar-refractivity contribution in [2.24, 2.45) is 11.8 Å². The van der Waals surface area contributed by atoms with Gasteiger partial charge in [-0.05, 0) is 85.0 Å². The van der Waals surface area contributed by atoms with E-state index in [0.717, 1.165) is 34.6 Å². The van der Waals surface area contributed by atoms with E-state index >= 15 is 4.79 Å². The summed E-state index contributed by atoms with van der Waals surface area (Å²) in [4.78, 5) is 19.7. The summed E-state index contributed by atoms with van der Waals surface area (Å²) < 4.78 is 26.0. The van der Waals surface area contributed by atoms with Gasteiger partial charge in [-0.15, -0.1) is 0 Å². The highest BCUT2D eigenvalue weighted by molar-refractivity contribution is 5.78. The van der Waals surface area contributed by atoms with Crippen molar-refractivity contribution in [2.75, 3.05) is 13.2 Å². The highest BCUT2D eigenvalue weighted by atomic mass is 16.8. The number of hydrogen-bond donors (Lipinski definition) is 0. The molecule has 7 nitrogen and oxygen atoms in total. The first kappa shape index (κ1) is 36.0. The molecule has 4 aromatic rings. The van der Waals surface area contributed by atoms with Gasteiger partial charge in [0, 0.05) is 19.0 Å². The fraction of sp³-hybridized carbons (Fsp3) is 0.444. The summed E-state index contributed by atoms with van der Waals surface area (Å²) in [7, 11) is 0. The lowest BCUT2D eigenvalue weighted by molar-refractivity contribution is -0.159. The molecule has 1 saturated carbocycles. The van der Waals surface area contributed by atoms with Crippen LogP contribution in [0.5, 0.6) is 11.5 Å². The molecule has 4 aromatic carbocycles. The third-order valence-electron chi connectivity index (χ3n) is 10.6. The molecule has 2 aliphatic heterocycles. The Labute approximate surface area is 309 Å². The molecule has 52 heavy (non-hydrogen) atoms. The molecule has 0 N–H and O–H groups in total. The standard InChI is InChI=1S/C45H54N2O5/c1-31(2)29-49-37-21-17-33(18-22-37)25-40-41-42(52-44(5,6)51-41)45(26-39(45)36-19-23-38(24-20-36)50-30-32(3)4)47(28-35-15-11-8-12-16-35)43(48)46(40)27-34-13-9-7-10-14-34/h7-24,31-32,39-42H,25-30H2,1-6H3/t39?,40-,41+,42-,45?/m1/s1. The Bertz CT molecular complexity index is 1780. The van der Waals surface area contributed by atoms with Gasteiger partial charge in [-0.1, -0.05) is 113 Å². The fourth-order valence-corrected chi connectivity index (χ4v) is 8.01. The first-order valence-corrected chi connectivity index (χ1v) is 19.0. The van der Waals surface area contributed by atoms with Crippen LogP contribution < -0.4 is 9.47 Å². The maximum absolute atomic E-state index is 15.5. The van der Waals surface area contributed by atoms with E-state index in [2.05, 4.69) is 98.2 Å². The van der Waals surface area contributed by atoms with E-state index in [9.17, 15) is 0 Å². The largest absolute Gasteiger partial charge is 0.493 e. The number of ether oxygens (including phenoxy) is 4. The monoisotopic (exact) mass is 702 g/mol.